The van der Waals surface area contributed by atoms with Gasteiger partial charge in [0.15, 0.2) is 0 Å². The highest BCUT2D eigenvalue weighted by atomic mass is 35.5. The topological polar surface area (TPSA) is 49.3 Å². The van der Waals surface area contributed by atoms with Crippen molar-refractivity contribution in [2.75, 3.05) is 6.54 Å². The molecule has 1 amide bonds. The van der Waals surface area contributed by atoms with E-state index in [4.69, 9.17) is 23.2 Å². The van der Waals surface area contributed by atoms with Gasteiger partial charge in [0.25, 0.3) is 5.91 Å². The molecule has 0 aliphatic heterocycles. The number of nitrogens with one attached hydrogen (secondary N) is 1. The number of carbonyl (C=O) groups is 1. The van der Waals surface area contributed by atoms with Crippen molar-refractivity contribution in [3.05, 3.63) is 33.8 Å². The van der Waals surface area contributed by atoms with Gasteiger partial charge >= 0.3 is 0 Å². The van der Waals surface area contributed by atoms with Crippen LogP contribution in [0, 0.1) is 5.92 Å². The van der Waals surface area contributed by atoms with Crippen molar-refractivity contribution < 1.29 is 9.90 Å². The van der Waals surface area contributed by atoms with E-state index in [1.807, 2.05) is 0 Å². The van der Waals surface area contributed by atoms with E-state index in [-0.39, 0.29) is 12.0 Å². The predicted octanol–water partition coefficient (Wildman–Crippen LogP) is 3.27. The van der Waals surface area contributed by atoms with Crippen LogP contribution in [-0.4, -0.2) is 23.7 Å². The molecule has 2 rings (SSSR count). The Balaban J connectivity index is 1.90. The van der Waals surface area contributed by atoms with Crippen LogP contribution in [0.2, 0.25) is 10.0 Å². The van der Waals surface area contributed by atoms with Crippen LogP contribution in [0.5, 0.6) is 0 Å². The molecule has 104 valence electrons. The van der Waals surface area contributed by atoms with Crippen molar-refractivity contribution in [3.63, 3.8) is 0 Å². The summed E-state index contributed by atoms with van der Waals surface area (Å²) in [6.45, 7) is 0.583. The average molecular weight is 302 g/mol. The molecule has 0 spiro atoms. The minimum absolute atomic E-state index is 0.176. The second-order valence-corrected chi connectivity index (χ2v) is 5.93. The van der Waals surface area contributed by atoms with Crippen LogP contribution in [0.4, 0.5) is 0 Å². The normalized spacial score (nSPS) is 23.1. The highest BCUT2D eigenvalue weighted by Crippen LogP contribution is 2.24. The SMILES string of the molecule is O=C(NCC1CCCC(O)C1)c1cc(Cl)cc(Cl)c1. The molecule has 0 bridgehead atoms. The van der Waals surface area contributed by atoms with Crippen LogP contribution in [0.25, 0.3) is 0 Å². The number of amides is 1. The first-order valence-corrected chi connectivity index (χ1v) is 7.22. The fourth-order valence-electron chi connectivity index (χ4n) is 2.47. The monoisotopic (exact) mass is 301 g/mol. The second-order valence-electron chi connectivity index (χ2n) is 5.05. The molecule has 1 aliphatic rings. The third-order valence-corrected chi connectivity index (χ3v) is 3.87. The Hall–Kier alpha value is -0.770. The minimum Gasteiger partial charge on any atom is -0.393 e. The van der Waals surface area contributed by atoms with Gasteiger partial charge in [-0.3, -0.25) is 4.79 Å². The molecule has 1 aromatic rings. The van der Waals surface area contributed by atoms with E-state index in [0.717, 1.165) is 25.7 Å². The molecule has 2 unspecified atom stereocenters. The van der Waals surface area contributed by atoms with Crippen LogP contribution in [0.3, 0.4) is 0 Å². The predicted molar refractivity (Wildman–Crippen MR) is 76.8 cm³/mol. The lowest BCUT2D eigenvalue weighted by atomic mass is 9.87. The molecular weight excluding hydrogens is 285 g/mol. The van der Waals surface area contributed by atoms with Gasteiger partial charge in [-0.05, 0) is 43.4 Å². The summed E-state index contributed by atoms with van der Waals surface area (Å²) in [4.78, 5) is 12.0. The molecule has 2 atom stereocenters. The Labute approximate surface area is 122 Å². The van der Waals surface area contributed by atoms with E-state index in [1.54, 1.807) is 18.2 Å². The van der Waals surface area contributed by atoms with Gasteiger partial charge in [-0.25, -0.2) is 0 Å². The summed E-state index contributed by atoms with van der Waals surface area (Å²) in [6, 6.07) is 4.79. The van der Waals surface area contributed by atoms with Gasteiger partial charge in [0.05, 0.1) is 6.10 Å². The standard InChI is InChI=1S/C14H17Cl2NO2/c15-11-5-10(6-12(16)7-11)14(19)17-8-9-2-1-3-13(18)4-9/h5-7,9,13,18H,1-4,8H2,(H,17,19). The molecule has 0 aromatic heterocycles. The lowest BCUT2D eigenvalue weighted by Crippen LogP contribution is -2.32. The molecule has 3 nitrogen and oxygen atoms in total. The first-order chi connectivity index (χ1) is 9.04. The van der Waals surface area contributed by atoms with Gasteiger partial charge in [-0.2, -0.15) is 0 Å². The highest BCUT2D eigenvalue weighted by Gasteiger charge is 2.20. The van der Waals surface area contributed by atoms with Gasteiger partial charge < -0.3 is 10.4 Å². The van der Waals surface area contributed by atoms with E-state index in [1.165, 1.54) is 0 Å². The Bertz CT molecular complexity index is 445. The fraction of sp³-hybridized carbons (Fsp3) is 0.500. The van der Waals surface area contributed by atoms with Gasteiger partial charge in [0.1, 0.15) is 0 Å². The van der Waals surface area contributed by atoms with Gasteiger partial charge in [0.2, 0.25) is 0 Å². The summed E-state index contributed by atoms with van der Waals surface area (Å²) in [7, 11) is 0. The van der Waals surface area contributed by atoms with Crippen molar-refractivity contribution >= 4 is 29.1 Å². The van der Waals surface area contributed by atoms with Crippen molar-refractivity contribution in [2.24, 2.45) is 5.92 Å². The molecule has 1 aromatic carbocycles. The summed E-state index contributed by atoms with van der Waals surface area (Å²) < 4.78 is 0. The summed E-state index contributed by atoms with van der Waals surface area (Å²) in [6.07, 6.45) is 3.47. The Morgan fingerprint density at radius 3 is 2.58 bits per heavy atom. The molecule has 0 saturated heterocycles. The zero-order chi connectivity index (χ0) is 13.8. The maximum atomic E-state index is 12.0. The van der Waals surface area contributed by atoms with Gasteiger partial charge in [-0.1, -0.05) is 29.6 Å². The number of halogens is 2. The van der Waals surface area contributed by atoms with Crippen LogP contribution in [0.1, 0.15) is 36.0 Å². The van der Waals surface area contributed by atoms with Crippen molar-refractivity contribution in [1.82, 2.24) is 5.32 Å². The van der Waals surface area contributed by atoms with Crippen molar-refractivity contribution in [1.29, 1.82) is 0 Å². The molecule has 2 N–H and O–H groups in total. The summed E-state index contributed by atoms with van der Waals surface area (Å²) >= 11 is 11.7. The second kappa shape index (κ2) is 6.60. The lowest BCUT2D eigenvalue weighted by molar-refractivity contribution is 0.0874. The smallest absolute Gasteiger partial charge is 0.251 e. The first kappa shape index (κ1) is 14.6. The van der Waals surface area contributed by atoms with E-state index >= 15 is 0 Å². The molecule has 0 heterocycles. The molecule has 19 heavy (non-hydrogen) atoms. The van der Waals surface area contributed by atoms with Gasteiger partial charge in [0, 0.05) is 22.2 Å². The molecule has 1 saturated carbocycles. The number of aliphatic hydroxyl groups is 1. The molecular formula is C14H17Cl2NO2. The summed E-state index contributed by atoms with van der Waals surface area (Å²) in [5.41, 5.74) is 0.467. The number of rotatable bonds is 3. The van der Waals surface area contributed by atoms with E-state index in [0.29, 0.717) is 28.1 Å². The van der Waals surface area contributed by atoms with Crippen LogP contribution in [0.15, 0.2) is 18.2 Å². The van der Waals surface area contributed by atoms with Crippen molar-refractivity contribution in [3.8, 4) is 0 Å². The Kier molecular flexibility index (Phi) is 5.08. The summed E-state index contributed by atoms with van der Waals surface area (Å²) in [5.74, 6) is 0.173. The van der Waals surface area contributed by atoms with Crippen LogP contribution < -0.4 is 5.32 Å². The number of benzene rings is 1. The quantitative estimate of drug-likeness (QED) is 0.900. The van der Waals surface area contributed by atoms with Crippen LogP contribution in [-0.2, 0) is 0 Å². The largest absolute Gasteiger partial charge is 0.393 e. The summed E-state index contributed by atoms with van der Waals surface area (Å²) in [5, 5.41) is 13.4. The molecule has 1 fully saturated rings. The first-order valence-electron chi connectivity index (χ1n) is 6.47. The number of hydrogen-bond donors (Lipinski definition) is 2. The molecule has 0 radical (unpaired) electrons. The van der Waals surface area contributed by atoms with E-state index < -0.39 is 0 Å². The van der Waals surface area contributed by atoms with E-state index in [9.17, 15) is 9.90 Å². The third kappa shape index (κ3) is 4.37. The average Bonchev–Trinajstić information content (AvgIpc) is 2.35. The Morgan fingerprint density at radius 1 is 1.26 bits per heavy atom. The zero-order valence-electron chi connectivity index (χ0n) is 10.5. The maximum Gasteiger partial charge on any atom is 0.251 e. The number of carbonyl (C=O) groups excluding carboxylic acids is 1. The van der Waals surface area contributed by atoms with Gasteiger partial charge in [-0.15, -0.1) is 0 Å². The Morgan fingerprint density at radius 2 is 1.95 bits per heavy atom. The highest BCUT2D eigenvalue weighted by molar-refractivity contribution is 6.35. The van der Waals surface area contributed by atoms with E-state index in [2.05, 4.69) is 5.32 Å². The number of aliphatic hydroxyl groups excluding tert-OH is 1. The third-order valence-electron chi connectivity index (χ3n) is 3.43. The molecule has 1 aliphatic carbocycles. The maximum absolute atomic E-state index is 12.0. The van der Waals surface area contributed by atoms with Crippen LogP contribution >= 0.6 is 23.2 Å². The van der Waals surface area contributed by atoms with Crippen molar-refractivity contribution in [2.45, 2.75) is 31.8 Å². The fourth-order valence-corrected chi connectivity index (χ4v) is 3.00. The number of hydrogen-bond acceptors (Lipinski definition) is 2. The zero-order valence-corrected chi connectivity index (χ0v) is 12.0. The minimum atomic E-state index is -0.226. The lowest BCUT2D eigenvalue weighted by Gasteiger charge is -2.25. The molecule has 5 heteroatoms.